The van der Waals surface area contributed by atoms with E-state index in [1.807, 2.05) is 5.32 Å². The molecule has 0 aromatic carbocycles. The Labute approximate surface area is 129 Å². The fraction of sp³-hybridized carbons (Fsp3) is 0.938. The third kappa shape index (κ3) is 11.5. The molecular weight excluding hydrogens is 270 g/mol. The zero-order valence-electron chi connectivity index (χ0n) is 13.9. The lowest BCUT2D eigenvalue weighted by Gasteiger charge is -2.22. The Bertz CT molecular complexity index is 269. The molecule has 0 rings (SSSR count). The number of ether oxygens (including phenoxy) is 1. The second-order valence-corrected chi connectivity index (χ2v) is 5.75. The normalized spacial score (nSPS) is 13.0. The second-order valence-electron chi connectivity index (χ2n) is 5.75. The first-order chi connectivity index (χ1) is 9.95. The van der Waals surface area contributed by atoms with Crippen molar-refractivity contribution >= 4 is 6.09 Å². The molecule has 0 aliphatic carbocycles. The van der Waals surface area contributed by atoms with Crippen LogP contribution in [0.4, 0.5) is 4.79 Å². The van der Waals surface area contributed by atoms with E-state index in [1.165, 1.54) is 19.3 Å². The zero-order chi connectivity index (χ0) is 16.1. The predicted molar refractivity (Wildman–Crippen MR) is 83.7 cm³/mol. The second kappa shape index (κ2) is 11.8. The fourth-order valence-electron chi connectivity index (χ4n) is 2.15. The van der Waals surface area contributed by atoms with Gasteiger partial charge in [-0.15, -0.1) is 0 Å². The highest BCUT2D eigenvalue weighted by atomic mass is 16.6. The van der Waals surface area contributed by atoms with E-state index in [0.29, 0.717) is 12.5 Å². The van der Waals surface area contributed by atoms with Gasteiger partial charge in [0.1, 0.15) is 0 Å². The summed E-state index contributed by atoms with van der Waals surface area (Å²) in [5.41, 5.74) is 0. The molecular formula is C16H33NO4. The maximum Gasteiger partial charge on any atom is 0.411 e. The third-order valence-corrected chi connectivity index (χ3v) is 3.68. The summed E-state index contributed by atoms with van der Waals surface area (Å²) in [6, 6.07) is 0. The smallest absolute Gasteiger partial charge is 0.411 e. The van der Waals surface area contributed by atoms with Crippen LogP contribution in [0.3, 0.4) is 0 Å². The van der Waals surface area contributed by atoms with Gasteiger partial charge >= 0.3 is 6.09 Å². The molecule has 3 N–H and O–H groups in total. The Morgan fingerprint density at radius 2 is 1.67 bits per heavy atom. The molecule has 0 spiro atoms. The van der Waals surface area contributed by atoms with Gasteiger partial charge in [0.2, 0.25) is 5.91 Å². The van der Waals surface area contributed by atoms with Crippen LogP contribution in [0.2, 0.25) is 0 Å². The number of unbranched alkanes of at least 4 members (excludes halogenated alkanes) is 4. The van der Waals surface area contributed by atoms with Crippen LogP contribution in [0.1, 0.15) is 78.6 Å². The summed E-state index contributed by atoms with van der Waals surface area (Å²) < 4.78 is 5.13. The number of hydrogen-bond donors (Lipinski definition) is 3. The molecule has 0 heterocycles. The maximum atomic E-state index is 11.5. The van der Waals surface area contributed by atoms with Crippen molar-refractivity contribution in [1.82, 2.24) is 5.32 Å². The van der Waals surface area contributed by atoms with Crippen LogP contribution >= 0.6 is 0 Å². The van der Waals surface area contributed by atoms with E-state index in [2.05, 4.69) is 13.8 Å². The van der Waals surface area contributed by atoms with Crippen LogP contribution in [0, 0.1) is 5.92 Å². The van der Waals surface area contributed by atoms with E-state index in [9.17, 15) is 15.0 Å². The van der Waals surface area contributed by atoms with Gasteiger partial charge in [0.15, 0.2) is 0 Å². The summed E-state index contributed by atoms with van der Waals surface area (Å²) in [5.74, 6) is -1.82. The van der Waals surface area contributed by atoms with Crippen LogP contribution in [0.25, 0.3) is 0 Å². The van der Waals surface area contributed by atoms with Crippen LogP contribution in [0.5, 0.6) is 0 Å². The van der Waals surface area contributed by atoms with Crippen molar-refractivity contribution in [3.63, 3.8) is 0 Å². The summed E-state index contributed by atoms with van der Waals surface area (Å²) in [5, 5.41) is 20.7. The summed E-state index contributed by atoms with van der Waals surface area (Å²) in [6.45, 7) is 6.25. The minimum absolute atomic E-state index is 0.0123. The van der Waals surface area contributed by atoms with Crippen molar-refractivity contribution in [2.45, 2.75) is 84.5 Å². The maximum absolute atomic E-state index is 11.5. The molecule has 0 bridgehead atoms. The SMILES string of the molecule is CCCCCCC(CCCC)COC(=O)NC(O)(O)CC. The molecule has 1 amide bonds. The Balaban J connectivity index is 4.06. The van der Waals surface area contributed by atoms with Crippen molar-refractivity contribution in [3.8, 4) is 0 Å². The van der Waals surface area contributed by atoms with E-state index in [1.54, 1.807) is 6.92 Å². The zero-order valence-corrected chi connectivity index (χ0v) is 13.9. The van der Waals surface area contributed by atoms with Crippen LogP contribution in [0.15, 0.2) is 0 Å². The lowest BCUT2D eigenvalue weighted by Crippen LogP contribution is -2.48. The molecule has 0 aromatic rings. The van der Waals surface area contributed by atoms with Gasteiger partial charge in [0.25, 0.3) is 0 Å². The van der Waals surface area contributed by atoms with Crippen LogP contribution in [-0.4, -0.2) is 28.8 Å². The van der Waals surface area contributed by atoms with Crippen molar-refractivity contribution in [1.29, 1.82) is 0 Å². The number of nitrogens with one attached hydrogen (secondary N) is 1. The largest absolute Gasteiger partial charge is 0.449 e. The molecule has 1 unspecified atom stereocenters. The molecule has 0 radical (unpaired) electrons. The van der Waals surface area contributed by atoms with E-state index in [0.717, 1.165) is 32.1 Å². The summed E-state index contributed by atoms with van der Waals surface area (Å²) in [7, 11) is 0. The number of rotatable bonds is 12. The highest BCUT2D eigenvalue weighted by molar-refractivity contribution is 5.67. The quantitative estimate of drug-likeness (QED) is 0.380. The molecule has 0 saturated heterocycles. The predicted octanol–water partition coefficient (Wildman–Crippen LogP) is 3.54. The monoisotopic (exact) mass is 303 g/mol. The van der Waals surface area contributed by atoms with Crippen molar-refractivity contribution in [2.75, 3.05) is 6.61 Å². The molecule has 1 atom stereocenters. The van der Waals surface area contributed by atoms with Crippen molar-refractivity contribution in [2.24, 2.45) is 5.92 Å². The van der Waals surface area contributed by atoms with Crippen LogP contribution < -0.4 is 5.32 Å². The Hall–Kier alpha value is -0.810. The number of carbonyl (C=O) groups is 1. The van der Waals surface area contributed by atoms with Gasteiger partial charge in [-0.2, -0.15) is 0 Å². The van der Waals surface area contributed by atoms with Gasteiger partial charge in [-0.25, -0.2) is 4.79 Å². The Kier molecular flexibility index (Phi) is 11.4. The fourth-order valence-corrected chi connectivity index (χ4v) is 2.15. The molecule has 5 nitrogen and oxygen atoms in total. The number of hydrogen-bond acceptors (Lipinski definition) is 4. The average molecular weight is 303 g/mol. The molecule has 0 fully saturated rings. The molecule has 0 aliphatic heterocycles. The van der Waals surface area contributed by atoms with Gasteiger partial charge in [-0.3, -0.25) is 5.32 Å². The minimum Gasteiger partial charge on any atom is -0.449 e. The highest BCUT2D eigenvalue weighted by Crippen LogP contribution is 2.18. The molecule has 21 heavy (non-hydrogen) atoms. The van der Waals surface area contributed by atoms with Gasteiger partial charge in [-0.1, -0.05) is 59.3 Å². The van der Waals surface area contributed by atoms with Crippen molar-refractivity contribution in [3.05, 3.63) is 0 Å². The van der Waals surface area contributed by atoms with Gasteiger partial charge in [0.05, 0.1) is 6.61 Å². The third-order valence-electron chi connectivity index (χ3n) is 3.68. The van der Waals surface area contributed by atoms with Gasteiger partial charge in [-0.05, 0) is 18.8 Å². The first kappa shape index (κ1) is 20.2. The Morgan fingerprint density at radius 1 is 1.05 bits per heavy atom. The summed E-state index contributed by atoms with van der Waals surface area (Å²) >= 11 is 0. The lowest BCUT2D eigenvalue weighted by molar-refractivity contribution is -0.180. The first-order valence-corrected chi connectivity index (χ1v) is 8.34. The van der Waals surface area contributed by atoms with E-state index < -0.39 is 12.0 Å². The molecule has 0 saturated carbocycles. The van der Waals surface area contributed by atoms with Gasteiger partial charge in [0, 0.05) is 6.42 Å². The number of carbonyl (C=O) groups excluding carboxylic acids is 1. The number of alkyl carbamates (subject to hydrolysis) is 1. The lowest BCUT2D eigenvalue weighted by atomic mass is 9.96. The average Bonchev–Trinajstić information content (AvgIpc) is 2.45. The van der Waals surface area contributed by atoms with E-state index in [-0.39, 0.29) is 6.42 Å². The van der Waals surface area contributed by atoms with Crippen molar-refractivity contribution < 1.29 is 19.7 Å². The molecule has 5 heteroatoms. The van der Waals surface area contributed by atoms with Gasteiger partial charge < -0.3 is 14.9 Å². The summed E-state index contributed by atoms with van der Waals surface area (Å²) in [6.07, 6.45) is 8.45. The summed E-state index contributed by atoms with van der Waals surface area (Å²) in [4.78, 5) is 11.5. The number of aliphatic hydroxyl groups is 2. The topological polar surface area (TPSA) is 78.8 Å². The van der Waals surface area contributed by atoms with E-state index in [4.69, 9.17) is 4.74 Å². The molecule has 126 valence electrons. The number of amides is 1. The Morgan fingerprint density at radius 3 is 2.24 bits per heavy atom. The molecule has 0 aliphatic rings. The highest BCUT2D eigenvalue weighted by Gasteiger charge is 2.24. The molecule has 0 aromatic heterocycles. The standard InChI is InChI=1S/C16H33NO4/c1-4-7-9-10-12-14(11-8-5-2)13-21-15(18)17-16(19,20)6-3/h14,19-20H,4-13H2,1-3H3,(H,17,18). The van der Waals surface area contributed by atoms with Crippen LogP contribution in [-0.2, 0) is 4.74 Å². The minimum atomic E-state index is -2.18. The van der Waals surface area contributed by atoms with E-state index >= 15 is 0 Å². The first-order valence-electron chi connectivity index (χ1n) is 8.34.